The van der Waals surface area contributed by atoms with Crippen LogP contribution in [-0.2, 0) is 6.61 Å². The molecule has 0 aliphatic carbocycles. The van der Waals surface area contributed by atoms with Crippen molar-refractivity contribution < 1.29 is 8.99 Å². The minimum atomic E-state index is -0.125. The second-order valence-corrected chi connectivity index (χ2v) is 3.50. The van der Waals surface area contributed by atoms with Gasteiger partial charge >= 0.3 is 0 Å². The third-order valence-electron chi connectivity index (χ3n) is 1.28. The lowest BCUT2D eigenvalue weighted by Crippen LogP contribution is -1.85. The molecule has 1 aromatic rings. The first-order valence-electron chi connectivity index (χ1n) is 2.96. The van der Waals surface area contributed by atoms with Crippen LogP contribution in [0.4, 0.5) is 3.89 Å². The van der Waals surface area contributed by atoms with Gasteiger partial charge in [-0.15, -0.1) is 0 Å². The van der Waals surface area contributed by atoms with Crippen molar-refractivity contribution in [2.75, 3.05) is 0 Å². The van der Waals surface area contributed by atoms with Crippen LogP contribution < -0.4 is 0 Å². The van der Waals surface area contributed by atoms with Crippen molar-refractivity contribution in [1.82, 2.24) is 0 Å². The predicted molar refractivity (Wildman–Crippen MR) is 47.0 cm³/mol. The van der Waals surface area contributed by atoms with Crippen LogP contribution in [0.1, 0.15) is 5.56 Å². The number of halogens is 2. The van der Waals surface area contributed by atoms with Crippen LogP contribution in [0.2, 0.25) is 0 Å². The molecule has 0 saturated carbocycles. The number of benzene rings is 1. The molecule has 0 spiro atoms. The Bertz CT molecular complexity index is 254. The van der Waals surface area contributed by atoms with E-state index in [1.165, 1.54) is 0 Å². The highest BCUT2D eigenvalue weighted by Crippen LogP contribution is 2.26. The molecule has 0 amide bonds. The van der Waals surface area contributed by atoms with E-state index >= 15 is 0 Å². The van der Waals surface area contributed by atoms with Crippen molar-refractivity contribution in [3.8, 4) is 0 Å². The van der Waals surface area contributed by atoms with Gasteiger partial charge < -0.3 is 5.11 Å². The monoisotopic (exact) mass is 236 g/mol. The van der Waals surface area contributed by atoms with Crippen LogP contribution in [0, 0.1) is 0 Å². The van der Waals surface area contributed by atoms with Gasteiger partial charge in [-0.1, -0.05) is 22.0 Å². The lowest BCUT2D eigenvalue weighted by molar-refractivity contribution is 0.279. The first-order valence-corrected chi connectivity index (χ1v) is 4.47. The maximum atomic E-state index is 12.1. The Balaban J connectivity index is 3.06. The minimum absolute atomic E-state index is 0.125. The highest BCUT2D eigenvalue weighted by molar-refractivity contribution is 9.10. The van der Waals surface area contributed by atoms with Crippen molar-refractivity contribution in [1.29, 1.82) is 0 Å². The largest absolute Gasteiger partial charge is 0.392 e. The molecular weight excluding hydrogens is 231 g/mol. The average Bonchev–Trinajstić information content (AvgIpc) is 2.04. The van der Waals surface area contributed by atoms with Crippen LogP contribution >= 0.6 is 28.1 Å². The lowest BCUT2D eigenvalue weighted by atomic mass is 10.2. The van der Waals surface area contributed by atoms with E-state index in [0.717, 1.165) is 4.47 Å². The molecule has 1 rings (SSSR count). The second kappa shape index (κ2) is 4.09. The third-order valence-corrected chi connectivity index (χ3v) is 2.32. The van der Waals surface area contributed by atoms with Gasteiger partial charge in [-0.25, -0.2) is 0 Å². The first-order chi connectivity index (χ1) is 5.27. The third kappa shape index (κ3) is 2.18. The Kier molecular flexibility index (Phi) is 3.36. The Hall–Kier alpha value is -0.0600. The zero-order valence-corrected chi connectivity index (χ0v) is 7.95. The van der Waals surface area contributed by atoms with E-state index in [1.54, 1.807) is 18.2 Å². The number of hydrogen-bond acceptors (Lipinski definition) is 2. The molecule has 1 N–H and O–H groups in total. The van der Waals surface area contributed by atoms with Crippen molar-refractivity contribution in [3.63, 3.8) is 0 Å². The lowest BCUT2D eigenvalue weighted by Gasteiger charge is -2.01. The molecule has 4 heteroatoms. The van der Waals surface area contributed by atoms with Crippen LogP contribution in [0.15, 0.2) is 27.6 Å². The smallest absolute Gasteiger partial charge is 0.0816 e. The molecule has 60 valence electrons. The fourth-order valence-electron chi connectivity index (χ4n) is 0.731. The van der Waals surface area contributed by atoms with Crippen molar-refractivity contribution in [3.05, 3.63) is 28.2 Å². The Morgan fingerprint density at radius 3 is 2.82 bits per heavy atom. The Morgan fingerprint density at radius 2 is 2.27 bits per heavy atom. The maximum absolute atomic E-state index is 12.1. The molecule has 0 unspecified atom stereocenters. The van der Waals surface area contributed by atoms with Gasteiger partial charge in [-0.3, -0.25) is 0 Å². The number of rotatable bonds is 2. The van der Waals surface area contributed by atoms with E-state index in [0.29, 0.717) is 10.5 Å². The summed E-state index contributed by atoms with van der Waals surface area (Å²) in [5, 5.41) is 8.75. The van der Waals surface area contributed by atoms with Gasteiger partial charge in [-0.05, 0) is 17.7 Å². The van der Waals surface area contributed by atoms with Gasteiger partial charge in [0.05, 0.1) is 18.8 Å². The van der Waals surface area contributed by atoms with Crippen LogP contribution in [-0.4, -0.2) is 5.11 Å². The van der Waals surface area contributed by atoms with E-state index in [4.69, 9.17) is 5.11 Å². The Morgan fingerprint density at radius 1 is 1.55 bits per heavy atom. The van der Waals surface area contributed by atoms with Crippen LogP contribution in [0.5, 0.6) is 0 Å². The van der Waals surface area contributed by atoms with Gasteiger partial charge in [0.1, 0.15) is 0 Å². The highest BCUT2D eigenvalue weighted by atomic mass is 79.9. The topological polar surface area (TPSA) is 20.2 Å². The molecule has 0 aliphatic rings. The van der Waals surface area contributed by atoms with E-state index in [-0.39, 0.29) is 18.8 Å². The van der Waals surface area contributed by atoms with Crippen LogP contribution in [0.25, 0.3) is 0 Å². The van der Waals surface area contributed by atoms with Gasteiger partial charge in [0.2, 0.25) is 0 Å². The van der Waals surface area contributed by atoms with Gasteiger partial charge in [0, 0.05) is 9.37 Å². The predicted octanol–water partition coefficient (Wildman–Crippen LogP) is 2.92. The molecule has 0 radical (unpaired) electrons. The molecule has 1 aromatic carbocycles. The van der Waals surface area contributed by atoms with E-state index in [1.807, 2.05) is 0 Å². The summed E-state index contributed by atoms with van der Waals surface area (Å²) in [6, 6.07) is 5.09. The van der Waals surface area contributed by atoms with Gasteiger partial charge in [-0.2, -0.15) is 3.89 Å². The SMILES string of the molecule is OCc1ccc(Br)cc1SF. The van der Waals surface area contributed by atoms with Gasteiger partial charge in [0.15, 0.2) is 0 Å². The zero-order valence-electron chi connectivity index (χ0n) is 5.55. The molecule has 1 nitrogen and oxygen atoms in total. The summed E-state index contributed by atoms with van der Waals surface area (Å²) in [6.07, 6.45) is 0. The molecular formula is C7H6BrFOS. The fourth-order valence-corrected chi connectivity index (χ4v) is 1.65. The molecule has 0 atom stereocenters. The van der Waals surface area contributed by atoms with E-state index in [9.17, 15) is 3.89 Å². The summed E-state index contributed by atoms with van der Waals surface area (Å²) in [4.78, 5) is 0.460. The normalized spacial score (nSPS) is 10.1. The minimum Gasteiger partial charge on any atom is -0.392 e. The second-order valence-electron chi connectivity index (χ2n) is 1.99. The van der Waals surface area contributed by atoms with Crippen molar-refractivity contribution in [2.24, 2.45) is 0 Å². The quantitative estimate of drug-likeness (QED) is 0.853. The van der Waals surface area contributed by atoms with Crippen molar-refractivity contribution in [2.45, 2.75) is 11.5 Å². The molecule has 0 saturated heterocycles. The molecule has 0 heterocycles. The average molecular weight is 237 g/mol. The number of hydrogen-bond donors (Lipinski definition) is 1. The molecule has 11 heavy (non-hydrogen) atoms. The highest BCUT2D eigenvalue weighted by Gasteiger charge is 2.01. The standard InChI is InChI=1S/C7H6BrFOS/c8-6-2-1-5(4-10)7(3-6)11-9/h1-3,10H,4H2. The molecule has 0 aromatic heterocycles. The van der Waals surface area contributed by atoms with E-state index in [2.05, 4.69) is 15.9 Å². The number of aliphatic hydroxyl groups is 1. The summed E-state index contributed by atoms with van der Waals surface area (Å²) in [6.45, 7) is -0.125. The van der Waals surface area contributed by atoms with E-state index < -0.39 is 0 Å². The molecule has 0 aliphatic heterocycles. The summed E-state index contributed by atoms with van der Waals surface area (Å²) < 4.78 is 13.0. The maximum Gasteiger partial charge on any atom is 0.0816 e. The molecule has 0 bridgehead atoms. The molecule has 0 fully saturated rings. The summed E-state index contributed by atoms with van der Waals surface area (Å²) in [5.74, 6) is 0. The first kappa shape index (κ1) is 9.03. The van der Waals surface area contributed by atoms with Gasteiger partial charge in [0.25, 0.3) is 0 Å². The Labute approximate surface area is 77.0 Å². The summed E-state index contributed by atoms with van der Waals surface area (Å²) >= 11 is 3.35. The fraction of sp³-hybridized carbons (Fsp3) is 0.143. The summed E-state index contributed by atoms with van der Waals surface area (Å²) in [7, 11) is 0. The van der Waals surface area contributed by atoms with Crippen molar-refractivity contribution >= 4 is 28.1 Å². The van der Waals surface area contributed by atoms with Crippen LogP contribution in [0.3, 0.4) is 0 Å². The number of aliphatic hydroxyl groups excluding tert-OH is 1. The zero-order chi connectivity index (χ0) is 8.27. The summed E-state index contributed by atoms with van der Waals surface area (Å²) in [5.41, 5.74) is 0.612.